The van der Waals surface area contributed by atoms with Crippen LogP contribution in [0.1, 0.15) is 26.3 Å². The number of para-hydroxylation sites is 3. The molecule has 0 spiro atoms. The minimum absolute atomic E-state index is 0.253. The second kappa shape index (κ2) is 14.0. The molecule has 0 atom stereocenters. The predicted molar refractivity (Wildman–Crippen MR) is 244 cm³/mol. The number of nitrogens with zero attached hydrogens (tertiary/aromatic N) is 4. The highest BCUT2D eigenvalue weighted by Gasteiger charge is 2.43. The fraction of sp³-hybridized carbons (Fsp3) is 0.0962. The van der Waals surface area contributed by atoms with Gasteiger partial charge in [-0.25, -0.2) is 10.0 Å². The van der Waals surface area contributed by atoms with Gasteiger partial charge in [-0.3, -0.25) is 4.57 Å². The smallest absolute Gasteiger partial charge is 0.179 e. The summed E-state index contributed by atoms with van der Waals surface area (Å²) in [5, 5.41) is 11.6. The molecule has 9 aromatic rings. The molecule has 0 saturated heterocycles. The summed E-state index contributed by atoms with van der Waals surface area (Å²) in [5.41, 5.74) is 8.65. The van der Waals surface area contributed by atoms with Gasteiger partial charge in [0.25, 0.3) is 0 Å². The van der Waals surface area contributed by atoms with E-state index in [1.807, 2.05) is 16.3 Å². The third-order valence-electron chi connectivity index (χ3n) is 11.6. The van der Waals surface area contributed by atoms with Gasteiger partial charge in [0.05, 0.1) is 33.6 Å². The van der Waals surface area contributed by atoms with Gasteiger partial charge in [0, 0.05) is 17.0 Å². The van der Waals surface area contributed by atoms with Crippen molar-refractivity contribution in [2.75, 3.05) is 10.1 Å². The van der Waals surface area contributed by atoms with Crippen LogP contribution in [0.5, 0.6) is 0 Å². The van der Waals surface area contributed by atoms with Gasteiger partial charge in [-0.2, -0.15) is 5.06 Å². The van der Waals surface area contributed by atoms with Crippen molar-refractivity contribution in [3.63, 3.8) is 0 Å². The molecule has 0 bridgehead atoms. The molecule has 1 aliphatic heterocycles. The lowest BCUT2D eigenvalue weighted by molar-refractivity contribution is 0.0843. The van der Waals surface area contributed by atoms with E-state index in [0.717, 1.165) is 39.5 Å². The number of fused-ring (bicyclic) bond motifs is 4. The van der Waals surface area contributed by atoms with Gasteiger partial charge >= 0.3 is 0 Å². The standard InChI is InChI=1S/C52H44N4OSi/c1-37-18-11-12-25-44(37)38-32-33-53-51(34-38)54-47-27-14-13-26-45(47)46-31-30-43(36-50(46)54)58(40-20-7-5-8-21-40,41-22-9-6-10-23-41)42-24-17-19-39(35-42)55-48-28-15-16-29-49(48)56(57-55)52(2,3)4/h5-36H,1-4H3. The van der Waals surface area contributed by atoms with Crippen LogP contribution in [0.4, 0.5) is 17.1 Å². The minimum Gasteiger partial charge on any atom is -0.294 e. The molecule has 0 aliphatic carbocycles. The first-order chi connectivity index (χ1) is 28.3. The molecule has 0 unspecified atom stereocenters. The Morgan fingerprint density at radius 1 is 0.517 bits per heavy atom. The van der Waals surface area contributed by atoms with E-state index in [4.69, 9.17) is 9.92 Å². The summed E-state index contributed by atoms with van der Waals surface area (Å²) in [6, 6.07) is 68.5. The quantitative estimate of drug-likeness (QED) is 0.119. The van der Waals surface area contributed by atoms with Crippen LogP contribution in [0.25, 0.3) is 38.8 Å². The van der Waals surface area contributed by atoms with Crippen molar-refractivity contribution in [1.82, 2.24) is 9.55 Å². The van der Waals surface area contributed by atoms with Crippen molar-refractivity contribution in [3.05, 3.63) is 200 Å². The van der Waals surface area contributed by atoms with Gasteiger partial charge in [-0.15, -0.1) is 4.94 Å². The molecule has 0 N–H and O–H groups in total. The van der Waals surface area contributed by atoms with Crippen LogP contribution in [0.15, 0.2) is 194 Å². The van der Waals surface area contributed by atoms with Crippen LogP contribution in [0.3, 0.4) is 0 Å². The number of pyridine rings is 1. The van der Waals surface area contributed by atoms with Crippen LogP contribution in [0.2, 0.25) is 0 Å². The first-order valence-electron chi connectivity index (χ1n) is 20.0. The van der Waals surface area contributed by atoms with E-state index >= 15 is 0 Å². The van der Waals surface area contributed by atoms with E-state index in [1.54, 1.807) is 0 Å². The van der Waals surface area contributed by atoms with E-state index in [0.29, 0.717) is 0 Å². The normalized spacial score (nSPS) is 13.0. The first kappa shape index (κ1) is 35.7. The molecular formula is C52H44N4OSi. The van der Waals surface area contributed by atoms with Gasteiger partial charge in [0.2, 0.25) is 0 Å². The largest absolute Gasteiger partial charge is 0.294 e. The zero-order valence-electron chi connectivity index (χ0n) is 33.2. The fourth-order valence-electron chi connectivity index (χ4n) is 8.94. The van der Waals surface area contributed by atoms with E-state index in [-0.39, 0.29) is 5.54 Å². The molecule has 1 aliphatic rings. The van der Waals surface area contributed by atoms with Crippen molar-refractivity contribution >= 4 is 67.7 Å². The molecule has 6 heteroatoms. The maximum atomic E-state index is 6.74. The summed E-state index contributed by atoms with van der Waals surface area (Å²) in [4.78, 5) is 11.8. The van der Waals surface area contributed by atoms with Crippen LogP contribution in [-0.4, -0.2) is 23.2 Å². The zero-order chi connectivity index (χ0) is 39.4. The van der Waals surface area contributed by atoms with E-state index in [9.17, 15) is 0 Å². The first-order valence-corrected chi connectivity index (χ1v) is 22.0. The SMILES string of the molecule is Cc1ccccc1-c1ccnc(-n2c3ccccc3c3ccc([Si](c4ccccc4)(c4ccccc4)c4cccc(N5ON(C(C)(C)C)c6ccccc65)c4)cc32)c1. The summed E-state index contributed by atoms with van der Waals surface area (Å²) in [7, 11) is -3.02. The molecule has 0 radical (unpaired) electrons. The van der Waals surface area contributed by atoms with Crippen molar-refractivity contribution in [2.45, 2.75) is 33.2 Å². The van der Waals surface area contributed by atoms with Crippen LogP contribution in [-0.2, 0) is 4.94 Å². The van der Waals surface area contributed by atoms with E-state index in [2.05, 4.69) is 220 Å². The summed E-state index contributed by atoms with van der Waals surface area (Å²) in [5.74, 6) is 0.894. The van der Waals surface area contributed by atoms with Crippen LogP contribution < -0.4 is 30.9 Å². The Hall–Kier alpha value is -6.73. The molecular weight excluding hydrogens is 725 g/mol. The topological polar surface area (TPSA) is 33.5 Å². The van der Waals surface area contributed by atoms with Gasteiger partial charge in [0.1, 0.15) is 5.82 Å². The zero-order valence-corrected chi connectivity index (χ0v) is 34.2. The number of hydrogen-bond acceptors (Lipinski definition) is 4. The highest BCUT2D eigenvalue weighted by molar-refractivity contribution is 7.20. The molecule has 5 nitrogen and oxygen atoms in total. The lowest BCUT2D eigenvalue weighted by Crippen LogP contribution is -2.74. The average molecular weight is 769 g/mol. The van der Waals surface area contributed by atoms with Crippen molar-refractivity contribution in [3.8, 4) is 16.9 Å². The molecule has 0 fully saturated rings. The predicted octanol–water partition coefficient (Wildman–Crippen LogP) is 10.1. The van der Waals surface area contributed by atoms with Crippen LogP contribution >= 0.6 is 0 Å². The number of aromatic nitrogens is 2. The third-order valence-corrected chi connectivity index (χ3v) is 16.3. The minimum atomic E-state index is -3.02. The molecule has 7 aromatic carbocycles. The number of hydroxylamine groups is 1. The number of hydrogen-bond donors (Lipinski definition) is 0. The lowest BCUT2D eigenvalue weighted by Gasteiger charge is -2.35. The van der Waals surface area contributed by atoms with Gasteiger partial charge in [-0.1, -0.05) is 140 Å². The monoisotopic (exact) mass is 768 g/mol. The summed E-state index contributed by atoms with van der Waals surface area (Å²) >= 11 is 0. The van der Waals surface area contributed by atoms with Crippen molar-refractivity contribution < 1.29 is 4.94 Å². The highest BCUT2D eigenvalue weighted by atomic mass is 28.3. The molecule has 2 aromatic heterocycles. The molecule has 58 heavy (non-hydrogen) atoms. The molecule has 0 saturated carbocycles. The fourth-order valence-corrected chi connectivity index (χ4v) is 13.7. The second-order valence-corrected chi connectivity index (χ2v) is 20.0. The maximum absolute atomic E-state index is 6.74. The summed E-state index contributed by atoms with van der Waals surface area (Å²) in [6.45, 7) is 8.70. The Morgan fingerprint density at radius 2 is 1.14 bits per heavy atom. The summed E-state index contributed by atoms with van der Waals surface area (Å²) in [6.07, 6.45) is 1.94. The van der Waals surface area contributed by atoms with Crippen LogP contribution in [0, 0.1) is 6.92 Å². The summed E-state index contributed by atoms with van der Waals surface area (Å²) < 4.78 is 2.36. The average Bonchev–Trinajstić information content (AvgIpc) is 3.82. The molecule has 0 amide bonds. The van der Waals surface area contributed by atoms with E-state index < -0.39 is 8.07 Å². The molecule has 3 heterocycles. The Labute approximate surface area is 341 Å². The number of rotatable bonds is 7. The number of benzene rings is 7. The Kier molecular flexibility index (Phi) is 8.62. The van der Waals surface area contributed by atoms with Crippen molar-refractivity contribution in [1.29, 1.82) is 0 Å². The third kappa shape index (κ3) is 5.75. The van der Waals surface area contributed by atoms with Crippen molar-refractivity contribution in [2.24, 2.45) is 0 Å². The number of anilines is 3. The number of aryl methyl sites for hydroxylation is 1. The second-order valence-electron chi connectivity index (χ2n) is 16.2. The van der Waals surface area contributed by atoms with Gasteiger partial charge < -0.3 is 0 Å². The van der Waals surface area contributed by atoms with E-state index in [1.165, 1.54) is 42.6 Å². The Morgan fingerprint density at radius 3 is 1.88 bits per heavy atom. The Bertz CT molecular complexity index is 2910. The highest BCUT2D eigenvalue weighted by Crippen LogP contribution is 2.44. The molecule has 10 rings (SSSR count). The Balaban J connectivity index is 1.24. The maximum Gasteiger partial charge on any atom is 0.179 e. The van der Waals surface area contributed by atoms with Gasteiger partial charge in [-0.05, 0) is 114 Å². The van der Waals surface area contributed by atoms with Gasteiger partial charge in [0.15, 0.2) is 8.07 Å². The molecule has 282 valence electrons. The lowest BCUT2D eigenvalue weighted by atomic mass is 10.0.